The Labute approximate surface area is 141 Å². The Bertz CT molecular complexity index is 754. The molecule has 0 bridgehead atoms. The summed E-state index contributed by atoms with van der Waals surface area (Å²) in [6.45, 7) is 7.82. The van der Waals surface area contributed by atoms with Crippen molar-refractivity contribution < 1.29 is 14.3 Å². The van der Waals surface area contributed by atoms with Crippen LogP contribution >= 0.6 is 0 Å². The monoisotopic (exact) mass is 327 g/mol. The number of rotatable bonds is 6. The van der Waals surface area contributed by atoms with E-state index in [1.165, 1.54) is 12.3 Å². The zero-order valence-electron chi connectivity index (χ0n) is 13.9. The van der Waals surface area contributed by atoms with Crippen LogP contribution in [0.25, 0.3) is 5.69 Å². The number of hydrogen-bond donors (Lipinski definition) is 0. The van der Waals surface area contributed by atoms with Crippen LogP contribution in [0.4, 0.5) is 4.79 Å². The standard InChI is InChI=1S/C18H21N3O3/c1-4-11-23-17-12-15(20-18(22)24-14(3)5-2)13-19-21(17)16-9-7-6-8-10-16/h5-10,12-14H,2,4,11H2,1,3H3. The van der Waals surface area contributed by atoms with Crippen LogP contribution in [0.5, 0.6) is 5.88 Å². The van der Waals surface area contributed by atoms with Gasteiger partial charge in [-0.05, 0) is 25.5 Å². The molecule has 0 N–H and O–H groups in total. The Morgan fingerprint density at radius 3 is 2.83 bits per heavy atom. The molecule has 1 unspecified atom stereocenters. The first kappa shape index (κ1) is 17.5. The number of aromatic nitrogens is 2. The van der Waals surface area contributed by atoms with Gasteiger partial charge < -0.3 is 9.47 Å². The number of nitrogens with zero attached hydrogens (tertiary/aromatic N) is 3. The average Bonchev–Trinajstić information content (AvgIpc) is 2.60. The summed E-state index contributed by atoms with van der Waals surface area (Å²) in [7, 11) is 0. The second-order valence-corrected chi connectivity index (χ2v) is 5.08. The van der Waals surface area contributed by atoms with Crippen LogP contribution in [-0.2, 0) is 4.74 Å². The molecule has 24 heavy (non-hydrogen) atoms. The van der Waals surface area contributed by atoms with Crippen molar-refractivity contribution in [3.05, 3.63) is 60.6 Å². The van der Waals surface area contributed by atoms with Crippen LogP contribution < -0.4 is 10.1 Å². The molecule has 1 heterocycles. The van der Waals surface area contributed by atoms with E-state index in [4.69, 9.17) is 9.47 Å². The predicted molar refractivity (Wildman–Crippen MR) is 91.1 cm³/mol. The van der Waals surface area contributed by atoms with Crippen LogP contribution in [0.15, 0.2) is 60.2 Å². The maximum absolute atomic E-state index is 11.7. The van der Waals surface area contributed by atoms with E-state index in [-0.39, 0.29) is 0 Å². The molecule has 0 radical (unpaired) electrons. The Kier molecular flexibility index (Phi) is 6.31. The van der Waals surface area contributed by atoms with E-state index in [9.17, 15) is 4.79 Å². The van der Waals surface area contributed by atoms with Gasteiger partial charge in [-0.1, -0.05) is 37.8 Å². The molecular formula is C18H21N3O3. The fourth-order valence-corrected chi connectivity index (χ4v) is 1.87. The molecule has 0 saturated heterocycles. The van der Waals surface area contributed by atoms with Gasteiger partial charge in [-0.3, -0.25) is 0 Å². The van der Waals surface area contributed by atoms with Crippen LogP contribution in [0.1, 0.15) is 20.3 Å². The van der Waals surface area contributed by atoms with Crippen molar-refractivity contribution in [3.63, 3.8) is 0 Å². The highest BCUT2D eigenvalue weighted by Gasteiger charge is 2.07. The predicted octanol–water partition coefficient (Wildman–Crippen LogP) is 3.27. The lowest BCUT2D eigenvalue weighted by Crippen LogP contribution is -2.17. The lowest BCUT2D eigenvalue weighted by molar-refractivity contribution is 0.137. The maximum atomic E-state index is 11.7. The number of para-hydroxylation sites is 1. The smallest absolute Gasteiger partial charge is 0.434 e. The van der Waals surface area contributed by atoms with Crippen molar-refractivity contribution >= 4 is 6.09 Å². The van der Waals surface area contributed by atoms with Crippen LogP contribution in [0, 0.1) is 0 Å². The summed E-state index contributed by atoms with van der Waals surface area (Å²) in [6, 6.07) is 11.3. The maximum Gasteiger partial charge on any atom is 0.434 e. The first-order valence-electron chi connectivity index (χ1n) is 7.79. The molecule has 1 amide bonds. The Morgan fingerprint density at radius 2 is 2.17 bits per heavy atom. The number of carbonyl (C=O) groups excluding carboxylic acids is 1. The third kappa shape index (κ3) is 4.81. The summed E-state index contributed by atoms with van der Waals surface area (Å²) in [4.78, 5) is 15.6. The van der Waals surface area contributed by atoms with E-state index >= 15 is 0 Å². The van der Waals surface area contributed by atoms with E-state index in [2.05, 4.69) is 16.7 Å². The zero-order valence-corrected chi connectivity index (χ0v) is 13.9. The number of carbonyl (C=O) groups is 1. The summed E-state index contributed by atoms with van der Waals surface area (Å²) in [5.41, 5.74) is 0.859. The van der Waals surface area contributed by atoms with Gasteiger partial charge in [0.2, 0.25) is 5.88 Å². The zero-order chi connectivity index (χ0) is 17.4. The van der Waals surface area contributed by atoms with Crippen molar-refractivity contribution in [2.24, 2.45) is 4.99 Å². The third-order valence-electron chi connectivity index (χ3n) is 3.08. The molecule has 1 atom stereocenters. The third-order valence-corrected chi connectivity index (χ3v) is 3.08. The summed E-state index contributed by atoms with van der Waals surface area (Å²) in [5.74, 6) is 0.508. The van der Waals surface area contributed by atoms with E-state index in [0.29, 0.717) is 17.8 Å². The van der Waals surface area contributed by atoms with Crippen LogP contribution in [0.2, 0.25) is 0 Å². The Morgan fingerprint density at radius 1 is 1.42 bits per heavy atom. The molecule has 2 rings (SSSR count). The van der Waals surface area contributed by atoms with Crippen molar-refractivity contribution in [3.8, 4) is 11.6 Å². The normalized spacial score (nSPS) is 12.5. The fourth-order valence-electron chi connectivity index (χ4n) is 1.87. The molecular weight excluding hydrogens is 306 g/mol. The summed E-state index contributed by atoms with van der Waals surface area (Å²) < 4.78 is 12.4. The van der Waals surface area contributed by atoms with Crippen LogP contribution in [0.3, 0.4) is 0 Å². The van der Waals surface area contributed by atoms with Crippen molar-refractivity contribution in [2.75, 3.05) is 6.61 Å². The molecule has 6 heteroatoms. The Hall–Kier alpha value is -2.89. The minimum absolute atomic E-state index is 0.370. The van der Waals surface area contributed by atoms with Crippen molar-refractivity contribution in [1.82, 2.24) is 9.78 Å². The van der Waals surface area contributed by atoms with E-state index in [1.807, 2.05) is 37.3 Å². The minimum Gasteiger partial charge on any atom is -0.478 e. The van der Waals surface area contributed by atoms with E-state index < -0.39 is 12.2 Å². The molecule has 0 aliphatic carbocycles. The van der Waals surface area contributed by atoms with Gasteiger partial charge >= 0.3 is 6.09 Å². The molecule has 126 valence electrons. The topological polar surface area (TPSA) is 65.7 Å². The quantitative estimate of drug-likeness (QED) is 0.764. The number of amides is 1. The molecule has 0 aliphatic rings. The van der Waals surface area contributed by atoms with Gasteiger partial charge in [0, 0.05) is 6.07 Å². The molecule has 1 aromatic carbocycles. The molecule has 0 fully saturated rings. The molecule has 0 spiro atoms. The Balaban J connectivity index is 2.35. The molecule has 1 aromatic heterocycles. The SMILES string of the molecule is C=CC(C)OC(=O)N=c1cnn(-c2ccccc2)c(OCCC)c1. The van der Waals surface area contributed by atoms with Gasteiger partial charge in [0.15, 0.2) is 0 Å². The minimum atomic E-state index is -0.692. The highest BCUT2D eigenvalue weighted by Crippen LogP contribution is 2.14. The van der Waals surface area contributed by atoms with Gasteiger partial charge in [-0.15, -0.1) is 0 Å². The fraction of sp³-hybridized carbons (Fsp3) is 0.278. The number of benzene rings is 1. The van der Waals surface area contributed by atoms with E-state index in [1.54, 1.807) is 17.7 Å². The van der Waals surface area contributed by atoms with Gasteiger partial charge in [-0.2, -0.15) is 10.1 Å². The second-order valence-electron chi connectivity index (χ2n) is 5.08. The number of ether oxygens (including phenoxy) is 2. The lowest BCUT2D eigenvalue weighted by atomic mass is 10.3. The summed E-state index contributed by atoms with van der Waals surface area (Å²) in [6.07, 6.45) is 2.78. The molecule has 0 saturated carbocycles. The van der Waals surface area contributed by atoms with Gasteiger partial charge in [0.1, 0.15) is 6.10 Å². The highest BCUT2D eigenvalue weighted by molar-refractivity contribution is 5.68. The molecule has 0 aliphatic heterocycles. The van der Waals surface area contributed by atoms with Crippen LogP contribution in [-0.4, -0.2) is 28.6 Å². The average molecular weight is 327 g/mol. The molecule has 6 nitrogen and oxygen atoms in total. The van der Waals surface area contributed by atoms with Gasteiger partial charge in [0.25, 0.3) is 0 Å². The largest absolute Gasteiger partial charge is 0.478 e. The van der Waals surface area contributed by atoms with Gasteiger partial charge in [0.05, 0.1) is 23.8 Å². The first-order valence-corrected chi connectivity index (χ1v) is 7.79. The first-order chi connectivity index (χ1) is 11.6. The summed E-state index contributed by atoms with van der Waals surface area (Å²) >= 11 is 0. The molecule has 2 aromatic rings. The van der Waals surface area contributed by atoms with Gasteiger partial charge in [-0.25, -0.2) is 9.48 Å². The second kappa shape index (κ2) is 8.67. The highest BCUT2D eigenvalue weighted by atomic mass is 16.6. The van der Waals surface area contributed by atoms with Crippen molar-refractivity contribution in [1.29, 1.82) is 0 Å². The van der Waals surface area contributed by atoms with Crippen molar-refractivity contribution in [2.45, 2.75) is 26.4 Å². The summed E-state index contributed by atoms with van der Waals surface area (Å²) in [5, 5.41) is 4.69. The number of hydrogen-bond acceptors (Lipinski definition) is 4. The lowest BCUT2D eigenvalue weighted by Gasteiger charge is -2.12. The van der Waals surface area contributed by atoms with E-state index in [0.717, 1.165) is 12.1 Å².